The Bertz CT molecular complexity index is 243. The van der Waals surface area contributed by atoms with Gasteiger partial charge >= 0.3 is 6.03 Å². The number of nitrogens with zero attached hydrogens (tertiary/aromatic N) is 3. The second-order valence-corrected chi connectivity index (χ2v) is 5.12. The van der Waals surface area contributed by atoms with E-state index in [1.54, 1.807) is 0 Å². The third-order valence-corrected chi connectivity index (χ3v) is 3.91. The Morgan fingerprint density at radius 2 is 1.69 bits per heavy atom. The van der Waals surface area contributed by atoms with Gasteiger partial charge in [-0.1, -0.05) is 0 Å². The molecule has 2 aliphatic heterocycles. The summed E-state index contributed by atoms with van der Waals surface area (Å²) in [5.41, 5.74) is 0. The first-order valence-electron chi connectivity index (χ1n) is 6.39. The molecule has 0 N–H and O–H groups in total. The normalized spacial score (nSPS) is 23.8. The third-order valence-electron chi connectivity index (χ3n) is 3.91. The number of rotatable bonds is 1. The number of piperidine rings is 1. The van der Waals surface area contributed by atoms with E-state index < -0.39 is 0 Å². The molecule has 0 aromatic rings. The zero-order chi connectivity index (χ0) is 11.5. The largest absolute Gasteiger partial charge is 0.325 e. The van der Waals surface area contributed by atoms with Crippen molar-refractivity contribution in [3.63, 3.8) is 0 Å². The second-order valence-electron chi connectivity index (χ2n) is 5.12. The van der Waals surface area contributed by atoms with Gasteiger partial charge in [-0.3, -0.25) is 0 Å². The first-order valence-corrected chi connectivity index (χ1v) is 6.39. The molecular weight excluding hydrogens is 202 g/mol. The minimum absolute atomic E-state index is 0.243. The summed E-state index contributed by atoms with van der Waals surface area (Å²) in [5, 5.41) is 0. The summed E-state index contributed by atoms with van der Waals surface area (Å²) in [4.78, 5) is 18.5. The molecule has 0 aromatic carbocycles. The Kier molecular flexibility index (Phi) is 3.69. The van der Waals surface area contributed by atoms with Crippen LogP contribution < -0.4 is 0 Å². The quantitative estimate of drug-likeness (QED) is 0.671. The van der Waals surface area contributed by atoms with Crippen molar-refractivity contribution in [2.75, 3.05) is 40.3 Å². The van der Waals surface area contributed by atoms with E-state index in [1.165, 1.54) is 12.8 Å². The summed E-state index contributed by atoms with van der Waals surface area (Å²) in [7, 11) is 4.12. The average molecular weight is 225 g/mol. The Balaban J connectivity index is 1.86. The van der Waals surface area contributed by atoms with Crippen molar-refractivity contribution in [1.29, 1.82) is 0 Å². The lowest BCUT2D eigenvalue weighted by atomic mass is 10.0. The highest BCUT2D eigenvalue weighted by atomic mass is 16.2. The van der Waals surface area contributed by atoms with Crippen LogP contribution in [0.2, 0.25) is 0 Å². The van der Waals surface area contributed by atoms with E-state index in [1.807, 2.05) is 16.8 Å². The monoisotopic (exact) mass is 225 g/mol. The van der Waals surface area contributed by atoms with E-state index in [0.29, 0.717) is 6.04 Å². The molecule has 0 aromatic heterocycles. The molecule has 16 heavy (non-hydrogen) atoms. The van der Waals surface area contributed by atoms with Crippen LogP contribution in [0.5, 0.6) is 0 Å². The second kappa shape index (κ2) is 5.04. The Labute approximate surface area is 98.2 Å². The lowest BCUT2D eigenvalue weighted by Crippen LogP contribution is -2.48. The van der Waals surface area contributed by atoms with Gasteiger partial charge in [-0.05, 0) is 45.8 Å². The van der Waals surface area contributed by atoms with Crippen LogP contribution in [-0.4, -0.2) is 67.0 Å². The zero-order valence-electron chi connectivity index (χ0n) is 10.5. The Morgan fingerprint density at radius 3 is 2.25 bits per heavy atom. The number of hydrogen-bond acceptors (Lipinski definition) is 2. The molecule has 0 saturated carbocycles. The lowest BCUT2D eigenvalue weighted by molar-refractivity contribution is 0.125. The van der Waals surface area contributed by atoms with Crippen molar-refractivity contribution in [3.8, 4) is 0 Å². The molecule has 4 heteroatoms. The molecule has 0 radical (unpaired) electrons. The van der Waals surface area contributed by atoms with Gasteiger partial charge in [0.15, 0.2) is 0 Å². The van der Waals surface area contributed by atoms with Crippen LogP contribution in [-0.2, 0) is 0 Å². The van der Waals surface area contributed by atoms with E-state index >= 15 is 0 Å². The predicted octanol–water partition coefficient (Wildman–Crippen LogP) is 1.23. The summed E-state index contributed by atoms with van der Waals surface area (Å²) in [6.07, 6.45) is 4.58. The van der Waals surface area contributed by atoms with Crippen molar-refractivity contribution in [2.45, 2.75) is 31.7 Å². The fraction of sp³-hybridized carbons (Fsp3) is 0.917. The van der Waals surface area contributed by atoms with Crippen molar-refractivity contribution in [1.82, 2.24) is 14.7 Å². The summed E-state index contributed by atoms with van der Waals surface area (Å²) < 4.78 is 0. The fourth-order valence-corrected chi connectivity index (χ4v) is 2.67. The van der Waals surface area contributed by atoms with E-state index in [9.17, 15) is 4.79 Å². The van der Waals surface area contributed by atoms with Gasteiger partial charge in [-0.25, -0.2) is 4.79 Å². The molecule has 92 valence electrons. The van der Waals surface area contributed by atoms with Gasteiger partial charge < -0.3 is 14.7 Å². The van der Waals surface area contributed by atoms with E-state index in [2.05, 4.69) is 11.9 Å². The first kappa shape index (κ1) is 11.7. The number of hydrogen-bond donors (Lipinski definition) is 0. The molecule has 0 unspecified atom stereocenters. The zero-order valence-corrected chi connectivity index (χ0v) is 10.5. The maximum absolute atomic E-state index is 12.2. The van der Waals surface area contributed by atoms with Crippen LogP contribution in [0.25, 0.3) is 0 Å². The molecule has 2 heterocycles. The molecule has 2 saturated heterocycles. The number of carbonyl (C=O) groups is 1. The minimum atomic E-state index is 0.243. The van der Waals surface area contributed by atoms with Crippen molar-refractivity contribution in [3.05, 3.63) is 0 Å². The van der Waals surface area contributed by atoms with Gasteiger partial charge in [-0.2, -0.15) is 0 Å². The minimum Gasteiger partial charge on any atom is -0.325 e. The molecule has 4 nitrogen and oxygen atoms in total. The first-order chi connectivity index (χ1) is 7.68. The molecule has 2 aliphatic rings. The lowest BCUT2D eigenvalue weighted by Gasteiger charge is -2.36. The number of amides is 2. The summed E-state index contributed by atoms with van der Waals surface area (Å²) in [6.45, 7) is 4.14. The standard InChI is InChI=1S/C12H23N3O/c1-13-9-5-11(6-10-13)14(2)12(16)15-7-3-4-8-15/h11H,3-10H2,1-2H3. The fourth-order valence-electron chi connectivity index (χ4n) is 2.67. The smallest absolute Gasteiger partial charge is 0.319 e. The van der Waals surface area contributed by atoms with Crippen LogP contribution in [0, 0.1) is 0 Å². The van der Waals surface area contributed by atoms with Crippen LogP contribution in [0.15, 0.2) is 0 Å². The van der Waals surface area contributed by atoms with Crippen LogP contribution in [0.4, 0.5) is 4.79 Å². The van der Waals surface area contributed by atoms with Crippen LogP contribution in [0.3, 0.4) is 0 Å². The van der Waals surface area contributed by atoms with Gasteiger partial charge in [0, 0.05) is 26.2 Å². The SMILES string of the molecule is CN1CCC(N(C)C(=O)N2CCCC2)CC1. The number of carbonyl (C=O) groups excluding carboxylic acids is 1. The molecule has 2 fully saturated rings. The van der Waals surface area contributed by atoms with Crippen molar-refractivity contribution in [2.24, 2.45) is 0 Å². The predicted molar refractivity (Wildman–Crippen MR) is 64.5 cm³/mol. The molecule has 2 amide bonds. The topological polar surface area (TPSA) is 26.8 Å². The van der Waals surface area contributed by atoms with Gasteiger partial charge in [0.25, 0.3) is 0 Å². The Morgan fingerprint density at radius 1 is 1.12 bits per heavy atom. The molecule has 0 aliphatic carbocycles. The highest BCUT2D eigenvalue weighted by molar-refractivity contribution is 5.74. The molecule has 0 spiro atoms. The van der Waals surface area contributed by atoms with Gasteiger partial charge in [0.1, 0.15) is 0 Å². The van der Waals surface area contributed by atoms with E-state index in [0.717, 1.165) is 39.0 Å². The number of likely N-dealkylation sites (tertiary alicyclic amines) is 2. The van der Waals surface area contributed by atoms with Crippen LogP contribution in [0.1, 0.15) is 25.7 Å². The highest BCUT2D eigenvalue weighted by Crippen LogP contribution is 2.17. The van der Waals surface area contributed by atoms with Crippen LogP contribution >= 0.6 is 0 Å². The molecular formula is C12H23N3O. The van der Waals surface area contributed by atoms with E-state index in [4.69, 9.17) is 0 Å². The van der Waals surface area contributed by atoms with Gasteiger partial charge in [0.2, 0.25) is 0 Å². The average Bonchev–Trinajstić information content (AvgIpc) is 2.81. The maximum atomic E-state index is 12.2. The van der Waals surface area contributed by atoms with Gasteiger partial charge in [-0.15, -0.1) is 0 Å². The van der Waals surface area contributed by atoms with Crippen molar-refractivity contribution < 1.29 is 4.79 Å². The Hall–Kier alpha value is -0.770. The highest BCUT2D eigenvalue weighted by Gasteiger charge is 2.28. The molecule has 0 bridgehead atoms. The maximum Gasteiger partial charge on any atom is 0.319 e. The van der Waals surface area contributed by atoms with E-state index in [-0.39, 0.29) is 6.03 Å². The third kappa shape index (κ3) is 2.48. The summed E-state index contributed by atoms with van der Waals surface area (Å²) in [6, 6.07) is 0.691. The summed E-state index contributed by atoms with van der Waals surface area (Å²) in [5.74, 6) is 0. The van der Waals surface area contributed by atoms with Crippen molar-refractivity contribution >= 4 is 6.03 Å². The molecule has 2 rings (SSSR count). The molecule has 0 atom stereocenters. The number of urea groups is 1. The van der Waals surface area contributed by atoms with Gasteiger partial charge in [0.05, 0.1) is 0 Å². The summed E-state index contributed by atoms with van der Waals surface area (Å²) >= 11 is 0.